The van der Waals surface area contributed by atoms with Crippen LogP contribution in [0.4, 0.5) is 4.79 Å². The number of benzene rings is 2. The van der Waals surface area contributed by atoms with Crippen LogP contribution in [0, 0.1) is 0 Å². The molecular formula is C21H24N2O2. The number of carbonyl (C=O) groups is 1. The molecule has 0 radical (unpaired) electrons. The van der Waals surface area contributed by atoms with Gasteiger partial charge in [0.25, 0.3) is 0 Å². The maximum Gasteiger partial charge on any atom is 0.315 e. The highest BCUT2D eigenvalue weighted by Crippen LogP contribution is 2.34. The molecule has 4 nitrogen and oxygen atoms in total. The van der Waals surface area contributed by atoms with Crippen molar-refractivity contribution in [1.82, 2.24) is 10.6 Å². The van der Waals surface area contributed by atoms with Gasteiger partial charge in [0.1, 0.15) is 0 Å². The van der Waals surface area contributed by atoms with Crippen LogP contribution >= 0.6 is 0 Å². The summed E-state index contributed by atoms with van der Waals surface area (Å²) >= 11 is 0. The standard InChI is InChI=1S/C21H24N2O2/c24-21(22-14-17-12-16-8-4-5-9-19(16)17)23-18-10-11-25-20(13-18)15-6-2-1-3-7-15/h1-9,17-18,20H,10-14H2,(H2,22,23,24)/t17-,18-,20+/m0/s1. The van der Waals surface area contributed by atoms with E-state index in [0.29, 0.717) is 19.1 Å². The maximum absolute atomic E-state index is 12.2. The highest BCUT2D eigenvalue weighted by molar-refractivity contribution is 5.74. The molecular weight excluding hydrogens is 312 g/mol. The van der Waals surface area contributed by atoms with Crippen LogP contribution in [0.1, 0.15) is 41.6 Å². The summed E-state index contributed by atoms with van der Waals surface area (Å²) in [6, 6.07) is 18.8. The molecule has 2 aliphatic rings. The van der Waals surface area contributed by atoms with Crippen LogP contribution in [0.3, 0.4) is 0 Å². The summed E-state index contributed by atoms with van der Waals surface area (Å²) in [4.78, 5) is 12.2. The van der Waals surface area contributed by atoms with Crippen LogP contribution in [0.25, 0.3) is 0 Å². The van der Waals surface area contributed by atoms with E-state index in [1.54, 1.807) is 0 Å². The molecule has 1 aliphatic heterocycles. The fourth-order valence-corrected chi connectivity index (χ4v) is 3.83. The number of hydrogen-bond acceptors (Lipinski definition) is 2. The van der Waals surface area contributed by atoms with Crippen molar-refractivity contribution in [3.05, 3.63) is 71.3 Å². The molecule has 2 aromatic rings. The molecule has 130 valence electrons. The van der Waals surface area contributed by atoms with Crippen molar-refractivity contribution in [2.45, 2.75) is 37.3 Å². The van der Waals surface area contributed by atoms with Gasteiger partial charge >= 0.3 is 6.03 Å². The lowest BCUT2D eigenvalue weighted by Crippen LogP contribution is -2.46. The van der Waals surface area contributed by atoms with Crippen molar-refractivity contribution in [3.8, 4) is 0 Å². The molecule has 25 heavy (non-hydrogen) atoms. The maximum atomic E-state index is 12.2. The molecule has 4 rings (SSSR count). The number of amides is 2. The molecule has 0 aromatic heterocycles. The van der Waals surface area contributed by atoms with Gasteiger partial charge in [-0.2, -0.15) is 0 Å². The first kappa shape index (κ1) is 16.2. The Morgan fingerprint density at radius 2 is 1.88 bits per heavy atom. The number of urea groups is 1. The summed E-state index contributed by atoms with van der Waals surface area (Å²) in [6.45, 7) is 1.38. The Morgan fingerprint density at radius 1 is 1.08 bits per heavy atom. The van der Waals surface area contributed by atoms with Gasteiger partial charge in [0.15, 0.2) is 0 Å². The minimum atomic E-state index is -0.0666. The molecule has 1 saturated heterocycles. The second-order valence-electron chi connectivity index (χ2n) is 6.95. The van der Waals surface area contributed by atoms with Crippen LogP contribution < -0.4 is 10.6 Å². The zero-order chi connectivity index (χ0) is 17.1. The second kappa shape index (κ2) is 7.28. The highest BCUT2D eigenvalue weighted by atomic mass is 16.5. The molecule has 0 bridgehead atoms. The van der Waals surface area contributed by atoms with Gasteiger partial charge in [0, 0.05) is 25.1 Å². The van der Waals surface area contributed by atoms with Crippen LogP contribution in [0.5, 0.6) is 0 Å². The van der Waals surface area contributed by atoms with E-state index in [2.05, 4.69) is 47.0 Å². The smallest absolute Gasteiger partial charge is 0.315 e. The minimum absolute atomic E-state index is 0.0666. The lowest BCUT2D eigenvalue weighted by atomic mass is 9.78. The minimum Gasteiger partial charge on any atom is -0.373 e. The predicted octanol–water partition coefficient (Wildman–Crippen LogP) is 3.55. The third-order valence-electron chi connectivity index (χ3n) is 5.26. The van der Waals surface area contributed by atoms with Crippen molar-refractivity contribution in [3.63, 3.8) is 0 Å². The van der Waals surface area contributed by atoms with E-state index in [0.717, 1.165) is 19.3 Å². The van der Waals surface area contributed by atoms with Crippen LogP contribution in [-0.4, -0.2) is 25.2 Å². The molecule has 0 unspecified atom stereocenters. The Hall–Kier alpha value is -2.33. The monoisotopic (exact) mass is 336 g/mol. The zero-order valence-corrected chi connectivity index (χ0v) is 14.3. The first-order valence-corrected chi connectivity index (χ1v) is 9.08. The quantitative estimate of drug-likeness (QED) is 0.897. The van der Waals surface area contributed by atoms with Crippen LogP contribution in [0.15, 0.2) is 54.6 Å². The Labute approximate surface area is 148 Å². The molecule has 2 N–H and O–H groups in total. The van der Waals surface area contributed by atoms with E-state index >= 15 is 0 Å². The van der Waals surface area contributed by atoms with Gasteiger partial charge in [0.05, 0.1) is 6.10 Å². The predicted molar refractivity (Wildman–Crippen MR) is 97.6 cm³/mol. The van der Waals surface area contributed by atoms with E-state index in [1.807, 2.05) is 18.2 Å². The Morgan fingerprint density at radius 3 is 2.72 bits per heavy atom. The van der Waals surface area contributed by atoms with Crippen LogP contribution in [0.2, 0.25) is 0 Å². The summed E-state index contributed by atoms with van der Waals surface area (Å²) in [6.07, 6.45) is 2.81. The van der Waals surface area contributed by atoms with Gasteiger partial charge in [-0.3, -0.25) is 0 Å². The number of carbonyl (C=O) groups excluding carboxylic acids is 1. The first-order valence-electron chi connectivity index (χ1n) is 9.08. The van der Waals surface area contributed by atoms with Gasteiger partial charge < -0.3 is 15.4 Å². The van der Waals surface area contributed by atoms with E-state index in [-0.39, 0.29) is 18.2 Å². The first-order chi connectivity index (χ1) is 12.3. The normalized spacial score (nSPS) is 24.7. The van der Waals surface area contributed by atoms with Crippen LogP contribution in [-0.2, 0) is 11.2 Å². The molecule has 2 amide bonds. The van der Waals surface area contributed by atoms with Gasteiger partial charge in [-0.05, 0) is 36.0 Å². The molecule has 1 aliphatic carbocycles. The van der Waals surface area contributed by atoms with Gasteiger partial charge in [-0.25, -0.2) is 4.79 Å². The Balaban J connectivity index is 1.25. The van der Waals surface area contributed by atoms with Crippen molar-refractivity contribution in [2.24, 2.45) is 0 Å². The average Bonchev–Trinajstić information content (AvgIpc) is 2.63. The molecule has 4 heteroatoms. The zero-order valence-electron chi connectivity index (χ0n) is 14.3. The van der Waals surface area contributed by atoms with Crippen molar-refractivity contribution in [1.29, 1.82) is 0 Å². The molecule has 2 aromatic carbocycles. The highest BCUT2D eigenvalue weighted by Gasteiger charge is 2.27. The molecule has 1 heterocycles. The number of ether oxygens (including phenoxy) is 1. The third kappa shape index (κ3) is 3.69. The fourth-order valence-electron chi connectivity index (χ4n) is 3.83. The average molecular weight is 336 g/mol. The third-order valence-corrected chi connectivity index (χ3v) is 5.26. The molecule has 0 saturated carbocycles. The SMILES string of the molecule is O=C(NC[C@@H]1Cc2ccccc21)N[C@H]1CCO[C@@H](c2ccccc2)C1. The summed E-state index contributed by atoms with van der Waals surface area (Å²) in [5.74, 6) is 0.453. The van der Waals surface area contributed by atoms with E-state index in [1.165, 1.54) is 16.7 Å². The fraction of sp³-hybridized carbons (Fsp3) is 0.381. The summed E-state index contributed by atoms with van der Waals surface area (Å²) in [5, 5.41) is 6.15. The van der Waals surface area contributed by atoms with E-state index in [9.17, 15) is 4.79 Å². The largest absolute Gasteiger partial charge is 0.373 e. The number of nitrogens with one attached hydrogen (secondary N) is 2. The van der Waals surface area contributed by atoms with E-state index in [4.69, 9.17) is 4.74 Å². The lowest BCUT2D eigenvalue weighted by Gasteiger charge is -2.32. The summed E-state index contributed by atoms with van der Waals surface area (Å²) in [5.41, 5.74) is 3.96. The Bertz CT molecular complexity index is 732. The van der Waals surface area contributed by atoms with Gasteiger partial charge in [-0.15, -0.1) is 0 Å². The van der Waals surface area contributed by atoms with Crippen molar-refractivity contribution >= 4 is 6.03 Å². The number of rotatable bonds is 4. The topological polar surface area (TPSA) is 50.4 Å². The van der Waals surface area contributed by atoms with Crippen molar-refractivity contribution < 1.29 is 9.53 Å². The number of fused-ring (bicyclic) bond motifs is 1. The van der Waals surface area contributed by atoms with Gasteiger partial charge in [-0.1, -0.05) is 54.6 Å². The molecule has 0 spiro atoms. The lowest BCUT2D eigenvalue weighted by molar-refractivity contribution is 0.00226. The summed E-state index contributed by atoms with van der Waals surface area (Å²) in [7, 11) is 0. The second-order valence-corrected chi connectivity index (χ2v) is 6.95. The molecule has 3 atom stereocenters. The summed E-state index contributed by atoms with van der Waals surface area (Å²) < 4.78 is 5.87. The number of hydrogen-bond donors (Lipinski definition) is 2. The van der Waals surface area contributed by atoms with E-state index < -0.39 is 0 Å². The Kier molecular flexibility index (Phi) is 4.70. The molecule has 1 fully saturated rings. The van der Waals surface area contributed by atoms with Crippen molar-refractivity contribution in [2.75, 3.05) is 13.2 Å². The van der Waals surface area contributed by atoms with Gasteiger partial charge in [0.2, 0.25) is 0 Å².